The van der Waals surface area contributed by atoms with Crippen molar-refractivity contribution in [2.45, 2.75) is 20.4 Å². The van der Waals surface area contributed by atoms with E-state index in [4.69, 9.17) is 23.2 Å². The van der Waals surface area contributed by atoms with Crippen molar-refractivity contribution in [3.05, 3.63) is 69.7 Å². The highest BCUT2D eigenvalue weighted by Gasteiger charge is 2.11. The first kappa shape index (κ1) is 21.8. The van der Waals surface area contributed by atoms with Crippen LogP contribution in [0.3, 0.4) is 0 Å². The zero-order chi connectivity index (χ0) is 21.3. The van der Waals surface area contributed by atoms with Gasteiger partial charge in [-0.05, 0) is 31.5 Å². The third-order valence-corrected chi connectivity index (χ3v) is 4.86. The van der Waals surface area contributed by atoms with Gasteiger partial charge >= 0.3 is 0 Å². The second-order valence-corrected chi connectivity index (χ2v) is 7.17. The monoisotopic (exact) mass is 443 g/mol. The molecule has 2 N–H and O–H groups in total. The summed E-state index contributed by atoms with van der Waals surface area (Å²) in [6, 6.07) is 15.3. The lowest BCUT2D eigenvalue weighted by Crippen LogP contribution is -2.25. The SMILES string of the molecule is CCN(CC)c1nc(NCc2ccccc2)nc(NN=Cc2ccc(Cl)cc2Cl)n1. The molecule has 3 rings (SSSR count). The van der Waals surface area contributed by atoms with Crippen LogP contribution in [-0.4, -0.2) is 34.3 Å². The Hall–Kier alpha value is -2.90. The predicted octanol–water partition coefficient (Wildman–Crippen LogP) is 5.08. The van der Waals surface area contributed by atoms with Crippen LogP contribution in [0.1, 0.15) is 25.0 Å². The van der Waals surface area contributed by atoms with Gasteiger partial charge in [0.2, 0.25) is 17.8 Å². The number of nitrogens with zero attached hydrogens (tertiary/aromatic N) is 5. The second-order valence-electron chi connectivity index (χ2n) is 6.33. The van der Waals surface area contributed by atoms with Gasteiger partial charge in [-0.1, -0.05) is 59.6 Å². The van der Waals surface area contributed by atoms with Gasteiger partial charge in [0.25, 0.3) is 0 Å². The number of rotatable bonds is 9. The Morgan fingerprint density at radius 3 is 2.40 bits per heavy atom. The molecule has 0 aliphatic carbocycles. The van der Waals surface area contributed by atoms with Gasteiger partial charge in [-0.2, -0.15) is 20.1 Å². The van der Waals surface area contributed by atoms with E-state index in [9.17, 15) is 0 Å². The van der Waals surface area contributed by atoms with Crippen LogP contribution in [0.4, 0.5) is 17.8 Å². The van der Waals surface area contributed by atoms with E-state index in [1.807, 2.05) is 35.2 Å². The highest BCUT2D eigenvalue weighted by molar-refractivity contribution is 6.36. The summed E-state index contributed by atoms with van der Waals surface area (Å²) in [6.45, 7) is 6.27. The summed E-state index contributed by atoms with van der Waals surface area (Å²) in [6.07, 6.45) is 1.59. The minimum atomic E-state index is 0.337. The molecular formula is C21H23Cl2N7. The summed E-state index contributed by atoms with van der Waals surface area (Å²) in [5, 5.41) is 8.55. The lowest BCUT2D eigenvalue weighted by molar-refractivity contribution is 0.812. The van der Waals surface area contributed by atoms with E-state index in [1.54, 1.807) is 24.4 Å². The van der Waals surface area contributed by atoms with Crippen molar-refractivity contribution in [1.29, 1.82) is 0 Å². The molecule has 2 aromatic carbocycles. The molecule has 0 radical (unpaired) electrons. The van der Waals surface area contributed by atoms with Crippen LogP contribution < -0.4 is 15.6 Å². The summed E-state index contributed by atoms with van der Waals surface area (Å²) in [5.41, 5.74) is 4.73. The minimum Gasteiger partial charge on any atom is -0.350 e. The molecule has 0 saturated heterocycles. The fraction of sp³-hybridized carbons (Fsp3) is 0.238. The summed E-state index contributed by atoms with van der Waals surface area (Å²) >= 11 is 12.1. The maximum atomic E-state index is 6.18. The predicted molar refractivity (Wildman–Crippen MR) is 125 cm³/mol. The van der Waals surface area contributed by atoms with Gasteiger partial charge < -0.3 is 10.2 Å². The first-order valence-electron chi connectivity index (χ1n) is 9.62. The van der Waals surface area contributed by atoms with Crippen LogP contribution in [-0.2, 0) is 6.54 Å². The first-order valence-corrected chi connectivity index (χ1v) is 10.4. The number of aromatic nitrogens is 3. The molecule has 0 aliphatic rings. The van der Waals surface area contributed by atoms with Gasteiger partial charge in [-0.3, -0.25) is 0 Å². The molecular weight excluding hydrogens is 421 g/mol. The highest BCUT2D eigenvalue weighted by Crippen LogP contribution is 2.19. The van der Waals surface area contributed by atoms with Gasteiger partial charge in [0.05, 0.1) is 11.2 Å². The molecule has 30 heavy (non-hydrogen) atoms. The van der Waals surface area contributed by atoms with Crippen LogP contribution in [0.25, 0.3) is 0 Å². The third-order valence-electron chi connectivity index (χ3n) is 4.29. The summed E-state index contributed by atoms with van der Waals surface area (Å²) in [7, 11) is 0. The number of anilines is 3. The quantitative estimate of drug-likeness (QED) is 0.354. The smallest absolute Gasteiger partial charge is 0.250 e. The van der Waals surface area contributed by atoms with Crippen molar-refractivity contribution in [1.82, 2.24) is 15.0 Å². The number of halogens is 2. The molecule has 0 unspecified atom stereocenters. The molecule has 7 nitrogen and oxygen atoms in total. The van der Waals surface area contributed by atoms with Gasteiger partial charge in [-0.15, -0.1) is 0 Å². The van der Waals surface area contributed by atoms with Crippen molar-refractivity contribution in [3.63, 3.8) is 0 Å². The largest absolute Gasteiger partial charge is 0.350 e. The van der Waals surface area contributed by atoms with Crippen LogP contribution in [0.5, 0.6) is 0 Å². The Kier molecular flexibility index (Phi) is 7.82. The van der Waals surface area contributed by atoms with Gasteiger partial charge in [0, 0.05) is 30.2 Å². The fourth-order valence-electron chi connectivity index (χ4n) is 2.68. The van der Waals surface area contributed by atoms with Gasteiger partial charge in [-0.25, -0.2) is 5.43 Å². The number of hydrogen-bond acceptors (Lipinski definition) is 7. The Labute approximate surface area is 186 Å². The maximum absolute atomic E-state index is 6.18. The average Bonchev–Trinajstić information content (AvgIpc) is 2.75. The number of hydrogen-bond donors (Lipinski definition) is 2. The fourth-order valence-corrected chi connectivity index (χ4v) is 3.14. The number of hydrazone groups is 1. The summed E-state index contributed by atoms with van der Waals surface area (Å²) in [4.78, 5) is 15.5. The van der Waals surface area contributed by atoms with E-state index in [0.29, 0.717) is 34.4 Å². The molecule has 0 amide bonds. The first-order chi connectivity index (χ1) is 14.6. The lowest BCUT2D eigenvalue weighted by Gasteiger charge is -2.19. The lowest BCUT2D eigenvalue weighted by atomic mass is 10.2. The normalized spacial score (nSPS) is 10.9. The van der Waals surface area contributed by atoms with E-state index in [1.165, 1.54) is 0 Å². The molecule has 3 aromatic rings. The van der Waals surface area contributed by atoms with Gasteiger partial charge in [0.15, 0.2) is 0 Å². The van der Waals surface area contributed by atoms with E-state index >= 15 is 0 Å². The summed E-state index contributed by atoms with van der Waals surface area (Å²) < 4.78 is 0. The van der Waals surface area contributed by atoms with E-state index < -0.39 is 0 Å². The zero-order valence-corrected chi connectivity index (χ0v) is 18.3. The molecule has 0 bridgehead atoms. The van der Waals surface area contributed by atoms with Crippen molar-refractivity contribution >= 4 is 47.3 Å². The Balaban J connectivity index is 1.79. The Morgan fingerprint density at radius 1 is 0.967 bits per heavy atom. The average molecular weight is 444 g/mol. The van der Waals surface area contributed by atoms with E-state index in [-0.39, 0.29) is 0 Å². The third kappa shape index (κ3) is 6.05. The standard InChI is InChI=1S/C21H23Cl2N7/c1-3-30(4-2)21-27-19(24-13-15-8-6-5-7-9-15)26-20(28-21)29-25-14-16-10-11-17(22)12-18(16)23/h5-12,14H,3-4,13H2,1-2H3,(H2,24,26,27,28,29). The van der Waals surface area contributed by atoms with Crippen molar-refractivity contribution in [2.75, 3.05) is 28.7 Å². The van der Waals surface area contributed by atoms with E-state index in [0.717, 1.165) is 24.2 Å². The van der Waals surface area contributed by atoms with Crippen molar-refractivity contribution in [2.24, 2.45) is 5.10 Å². The zero-order valence-electron chi connectivity index (χ0n) is 16.8. The topological polar surface area (TPSA) is 78.3 Å². The molecule has 0 fully saturated rings. The molecule has 0 spiro atoms. The molecule has 0 aliphatic heterocycles. The second kappa shape index (κ2) is 10.8. The van der Waals surface area contributed by atoms with Crippen LogP contribution in [0.15, 0.2) is 53.6 Å². The molecule has 1 heterocycles. The number of benzene rings is 2. The van der Waals surface area contributed by atoms with Crippen molar-refractivity contribution in [3.8, 4) is 0 Å². The van der Waals surface area contributed by atoms with Crippen LogP contribution >= 0.6 is 23.2 Å². The highest BCUT2D eigenvalue weighted by atomic mass is 35.5. The molecule has 1 aromatic heterocycles. The Bertz CT molecular complexity index is 992. The van der Waals surface area contributed by atoms with Crippen LogP contribution in [0, 0.1) is 0 Å². The number of nitrogens with one attached hydrogen (secondary N) is 2. The summed E-state index contributed by atoms with van der Waals surface area (Å²) in [5.74, 6) is 1.38. The maximum Gasteiger partial charge on any atom is 0.250 e. The van der Waals surface area contributed by atoms with Gasteiger partial charge in [0.1, 0.15) is 0 Å². The molecule has 0 saturated carbocycles. The Morgan fingerprint density at radius 2 is 1.70 bits per heavy atom. The van der Waals surface area contributed by atoms with Crippen LogP contribution in [0.2, 0.25) is 10.0 Å². The minimum absolute atomic E-state index is 0.337. The van der Waals surface area contributed by atoms with Crippen molar-refractivity contribution < 1.29 is 0 Å². The molecule has 0 atom stereocenters. The molecule has 156 valence electrons. The molecule has 9 heteroatoms. The van der Waals surface area contributed by atoms with E-state index in [2.05, 4.69) is 44.6 Å².